The average molecular weight is 730 g/mol. The predicted octanol–water partition coefficient (Wildman–Crippen LogP) is 8.49. The summed E-state index contributed by atoms with van der Waals surface area (Å²) in [6.45, 7) is 1.60. The zero-order valence-corrected chi connectivity index (χ0v) is 28.4. The Hall–Kier alpha value is -4.62. The minimum atomic E-state index is -4.43. The number of aromatic nitrogens is 2. The first-order valence-corrected chi connectivity index (χ1v) is 16.9. The molecule has 0 bridgehead atoms. The smallest absolute Gasteiger partial charge is 0.416 e. The number of hydrogen-bond acceptors (Lipinski definition) is 5. The monoisotopic (exact) mass is 728 g/mol. The molecule has 1 heterocycles. The van der Waals surface area contributed by atoms with Gasteiger partial charge in [0.1, 0.15) is 12.4 Å². The molecule has 5 aromatic rings. The number of nitrogens with zero attached hydrogens (tertiary/aromatic N) is 2. The van der Waals surface area contributed by atoms with Gasteiger partial charge in [-0.1, -0.05) is 77.8 Å². The van der Waals surface area contributed by atoms with E-state index in [2.05, 4.69) is 14.2 Å². The van der Waals surface area contributed by atoms with E-state index in [0.717, 1.165) is 30.4 Å². The molecular formula is C35H29Cl2F3N4O4S. The second kappa shape index (κ2) is 14.9. The number of carbonyl (C=O) groups excluding carboxylic acids is 1. The second-order valence-electron chi connectivity index (χ2n) is 10.9. The quantitative estimate of drug-likeness (QED) is 0.133. The Morgan fingerprint density at radius 2 is 1.71 bits per heavy atom. The van der Waals surface area contributed by atoms with Crippen LogP contribution in [0.4, 0.5) is 18.9 Å². The number of benzene rings is 4. The molecule has 0 aliphatic carbocycles. The number of aryl methyl sites for hydroxylation is 1. The van der Waals surface area contributed by atoms with Gasteiger partial charge in [0.2, 0.25) is 0 Å². The fourth-order valence-electron chi connectivity index (χ4n) is 4.89. The first-order valence-electron chi connectivity index (χ1n) is 14.6. The lowest BCUT2D eigenvalue weighted by atomic mass is 10.0. The summed E-state index contributed by atoms with van der Waals surface area (Å²) in [6.07, 6.45) is 1.06. The van der Waals surface area contributed by atoms with E-state index in [4.69, 9.17) is 28.2 Å². The third kappa shape index (κ3) is 9.30. The number of carbonyl (C=O) groups is 1. The third-order valence-corrected chi connectivity index (χ3v) is 8.96. The highest BCUT2D eigenvalue weighted by Crippen LogP contribution is 2.33. The number of methoxy groups -OCH3 is 1. The molecule has 254 valence electrons. The second-order valence-corrected chi connectivity index (χ2v) is 13.3. The van der Waals surface area contributed by atoms with Crippen molar-refractivity contribution in [2.24, 2.45) is 0 Å². The topological polar surface area (TPSA) is 102 Å². The molecule has 4 aromatic carbocycles. The summed E-state index contributed by atoms with van der Waals surface area (Å²) >= 11 is 12.6. The van der Waals surface area contributed by atoms with E-state index in [-0.39, 0.29) is 0 Å². The first kappa shape index (κ1) is 35.7. The molecule has 0 spiro atoms. The molecule has 0 saturated carbocycles. The maximum absolute atomic E-state index is 13.2. The van der Waals surface area contributed by atoms with Gasteiger partial charge in [-0.05, 0) is 77.2 Å². The summed E-state index contributed by atoms with van der Waals surface area (Å²) in [6, 6.07) is 22.6. The fraction of sp³-hybridized carbons (Fsp3) is 0.143. The number of rotatable bonds is 11. The number of ether oxygens (including phenoxy) is 1. The molecule has 0 atom stereocenters. The molecule has 1 aromatic heterocycles. The number of hydrogen-bond donors (Lipinski definition) is 2. The molecule has 0 radical (unpaired) electrons. The van der Waals surface area contributed by atoms with E-state index < -0.39 is 34.5 Å². The minimum Gasteiger partial charge on any atom is -0.468 e. The SMILES string of the molecule is COC(=O)CNS(=O)(=O)Nc1ccc(Cn2cc(-c3ccc(Cl)cc3Cl)nc2C=Cc2ccc(-c3cccc(C(F)(F)F)c3)cc2)cc1C. The van der Waals surface area contributed by atoms with Crippen LogP contribution in [0.25, 0.3) is 34.5 Å². The number of anilines is 1. The van der Waals surface area contributed by atoms with E-state index >= 15 is 0 Å². The highest BCUT2D eigenvalue weighted by Gasteiger charge is 2.30. The summed E-state index contributed by atoms with van der Waals surface area (Å²) in [5.74, 6) is -0.147. The van der Waals surface area contributed by atoms with Crippen molar-refractivity contribution < 1.29 is 31.1 Å². The summed E-state index contributed by atoms with van der Waals surface area (Å²) < 4.78 is 75.4. The highest BCUT2D eigenvalue weighted by molar-refractivity contribution is 7.90. The summed E-state index contributed by atoms with van der Waals surface area (Å²) in [4.78, 5) is 16.2. The van der Waals surface area contributed by atoms with Gasteiger partial charge in [-0.25, -0.2) is 4.98 Å². The van der Waals surface area contributed by atoms with E-state index in [1.165, 1.54) is 6.07 Å². The number of esters is 1. The number of alkyl halides is 3. The van der Waals surface area contributed by atoms with Gasteiger partial charge in [0.15, 0.2) is 0 Å². The molecule has 14 heteroatoms. The van der Waals surface area contributed by atoms with Crippen LogP contribution >= 0.6 is 23.2 Å². The number of halogens is 5. The van der Waals surface area contributed by atoms with E-state index in [9.17, 15) is 26.4 Å². The molecule has 2 N–H and O–H groups in total. The molecule has 0 fully saturated rings. The van der Waals surface area contributed by atoms with Crippen LogP contribution in [0.1, 0.15) is 28.1 Å². The Kier molecular flexibility index (Phi) is 10.8. The standard InChI is InChI=1S/C35H29Cl2F3N4O4S/c1-22-16-24(8-14-31(22)43-49(46,47)41-19-34(45)48-2)20-44-21-32(29-13-12-28(36)18-30(29)37)42-33(44)15-9-23-6-10-25(11-7-23)26-4-3-5-27(17-26)35(38,39)40/h3-18,21,41,43H,19-20H2,1-2H3. The van der Waals surface area contributed by atoms with Crippen LogP contribution < -0.4 is 9.44 Å². The maximum atomic E-state index is 13.2. The van der Waals surface area contributed by atoms with Crippen molar-refractivity contribution in [1.29, 1.82) is 0 Å². The molecular weight excluding hydrogens is 700 g/mol. The highest BCUT2D eigenvalue weighted by atomic mass is 35.5. The van der Waals surface area contributed by atoms with Gasteiger partial charge in [0.05, 0.1) is 29.1 Å². The predicted molar refractivity (Wildman–Crippen MR) is 186 cm³/mol. The van der Waals surface area contributed by atoms with Crippen molar-refractivity contribution in [3.8, 4) is 22.4 Å². The third-order valence-electron chi connectivity index (χ3n) is 7.40. The largest absolute Gasteiger partial charge is 0.468 e. The Bertz CT molecular complexity index is 2130. The fourth-order valence-corrected chi connectivity index (χ4v) is 6.30. The van der Waals surface area contributed by atoms with Crippen LogP contribution in [-0.2, 0) is 32.5 Å². The van der Waals surface area contributed by atoms with E-state index in [1.807, 2.05) is 29.0 Å². The summed E-state index contributed by atoms with van der Waals surface area (Å²) in [5.41, 5.74) is 4.26. The Labute approximate surface area is 291 Å². The van der Waals surface area contributed by atoms with Gasteiger partial charge in [-0.2, -0.15) is 26.3 Å². The Morgan fingerprint density at radius 1 is 0.959 bits per heavy atom. The van der Waals surface area contributed by atoms with Gasteiger partial charge >= 0.3 is 12.1 Å². The van der Waals surface area contributed by atoms with Gasteiger partial charge in [0, 0.05) is 23.3 Å². The van der Waals surface area contributed by atoms with Crippen molar-refractivity contribution in [3.63, 3.8) is 0 Å². The van der Waals surface area contributed by atoms with Gasteiger partial charge in [-0.15, -0.1) is 0 Å². The molecule has 0 amide bonds. The van der Waals surface area contributed by atoms with Crippen LogP contribution in [0.5, 0.6) is 0 Å². The first-order chi connectivity index (χ1) is 23.2. The van der Waals surface area contributed by atoms with E-state index in [0.29, 0.717) is 56.0 Å². The van der Waals surface area contributed by atoms with Crippen LogP contribution in [0.2, 0.25) is 10.0 Å². The minimum absolute atomic E-state index is 0.328. The lowest BCUT2D eigenvalue weighted by molar-refractivity contribution is -0.139. The lowest BCUT2D eigenvalue weighted by Crippen LogP contribution is -2.34. The molecule has 49 heavy (non-hydrogen) atoms. The summed E-state index contributed by atoms with van der Waals surface area (Å²) in [7, 11) is -2.87. The zero-order chi connectivity index (χ0) is 35.3. The van der Waals surface area contributed by atoms with Crippen molar-refractivity contribution in [1.82, 2.24) is 14.3 Å². The van der Waals surface area contributed by atoms with Gasteiger partial charge in [-0.3, -0.25) is 9.52 Å². The molecule has 8 nitrogen and oxygen atoms in total. The Morgan fingerprint density at radius 3 is 2.39 bits per heavy atom. The van der Waals surface area contributed by atoms with Crippen LogP contribution in [0.15, 0.2) is 91.1 Å². The Balaban J connectivity index is 1.41. The van der Waals surface area contributed by atoms with Crippen molar-refractivity contribution in [3.05, 3.63) is 129 Å². The average Bonchev–Trinajstić information content (AvgIpc) is 3.45. The van der Waals surface area contributed by atoms with E-state index in [1.54, 1.807) is 67.6 Å². The van der Waals surface area contributed by atoms with Crippen molar-refractivity contribution in [2.75, 3.05) is 18.4 Å². The zero-order valence-electron chi connectivity index (χ0n) is 26.1. The maximum Gasteiger partial charge on any atom is 0.416 e. The molecule has 0 unspecified atom stereocenters. The molecule has 0 aliphatic heterocycles. The molecule has 0 aliphatic rings. The normalized spacial score (nSPS) is 12.0. The number of imidazole rings is 1. The van der Waals surface area contributed by atoms with Gasteiger partial charge in [0.25, 0.3) is 10.2 Å². The van der Waals surface area contributed by atoms with Crippen molar-refractivity contribution >= 4 is 57.2 Å². The molecule has 0 saturated heterocycles. The van der Waals surface area contributed by atoms with Crippen LogP contribution in [-0.4, -0.2) is 37.6 Å². The van der Waals surface area contributed by atoms with Gasteiger partial charge < -0.3 is 9.30 Å². The number of nitrogens with one attached hydrogen (secondary N) is 2. The van der Waals surface area contributed by atoms with Crippen LogP contribution in [0, 0.1) is 6.92 Å². The van der Waals surface area contributed by atoms with Crippen LogP contribution in [0.3, 0.4) is 0 Å². The lowest BCUT2D eigenvalue weighted by Gasteiger charge is -2.13. The summed E-state index contributed by atoms with van der Waals surface area (Å²) in [5, 5.41) is 0.903. The molecule has 5 rings (SSSR count). The van der Waals surface area contributed by atoms with Crippen molar-refractivity contribution in [2.45, 2.75) is 19.6 Å².